The molecular formula is C43H45N5O6Si. The number of aliphatic hydroxyl groups is 1. The topological polar surface area (TPSA) is 160 Å². The van der Waals surface area contributed by atoms with Gasteiger partial charge in [0.1, 0.15) is 0 Å². The third-order valence-electron chi connectivity index (χ3n) is 11.3. The number of rotatable bonds is 11. The van der Waals surface area contributed by atoms with E-state index in [2.05, 4.69) is 20.6 Å². The first-order valence-electron chi connectivity index (χ1n) is 18.7. The number of aromatic nitrogens is 2. The smallest absolute Gasteiger partial charge is 0.264 e. The summed E-state index contributed by atoms with van der Waals surface area (Å²) in [4.78, 5) is 61.2. The van der Waals surface area contributed by atoms with Gasteiger partial charge in [-0.1, -0.05) is 55.5 Å². The van der Waals surface area contributed by atoms with Crippen molar-refractivity contribution in [2.24, 2.45) is 5.92 Å². The Morgan fingerprint density at radius 1 is 0.836 bits per heavy atom. The molecule has 8 rings (SSSR count). The molecular weight excluding hydrogens is 711 g/mol. The van der Waals surface area contributed by atoms with Gasteiger partial charge in [0.25, 0.3) is 5.91 Å². The highest BCUT2D eigenvalue weighted by atomic mass is 28.4. The first kappa shape index (κ1) is 36.4. The summed E-state index contributed by atoms with van der Waals surface area (Å²) in [6.45, 7) is 5.68. The number of anilines is 3. The molecule has 55 heavy (non-hydrogen) atoms. The Hall–Kier alpha value is -5.53. The number of fused-ring (bicyclic) bond motifs is 4. The summed E-state index contributed by atoms with van der Waals surface area (Å²) in [7, 11) is -2.91. The third kappa shape index (κ3) is 6.65. The van der Waals surface area contributed by atoms with Crippen molar-refractivity contribution in [2.45, 2.75) is 63.1 Å². The van der Waals surface area contributed by atoms with Gasteiger partial charge in [0.05, 0.1) is 31.2 Å². The fourth-order valence-corrected chi connectivity index (χ4v) is 11.6. The number of nitrogens with zero attached hydrogens (tertiary/aromatic N) is 1. The van der Waals surface area contributed by atoms with Crippen LogP contribution in [0.4, 0.5) is 17.1 Å². The second-order valence-corrected chi connectivity index (χ2v) is 19.3. The predicted molar refractivity (Wildman–Crippen MR) is 216 cm³/mol. The lowest BCUT2D eigenvalue weighted by molar-refractivity contribution is -0.146. The van der Waals surface area contributed by atoms with Crippen molar-refractivity contribution < 1.29 is 29.0 Å². The lowest BCUT2D eigenvalue weighted by Crippen LogP contribution is -2.46. The molecule has 6 N–H and O–H groups in total. The van der Waals surface area contributed by atoms with E-state index in [1.165, 1.54) is 0 Å². The summed E-state index contributed by atoms with van der Waals surface area (Å²) in [5.41, 5.74) is 5.10. The molecule has 1 spiro atoms. The van der Waals surface area contributed by atoms with Gasteiger partial charge in [0.15, 0.2) is 13.9 Å². The fraction of sp³-hybridized carbons (Fsp3) is 0.279. The Morgan fingerprint density at radius 2 is 1.44 bits per heavy atom. The Morgan fingerprint density at radius 3 is 2.04 bits per heavy atom. The molecule has 2 aliphatic heterocycles. The molecule has 282 valence electrons. The van der Waals surface area contributed by atoms with Crippen LogP contribution < -0.4 is 15.5 Å². The molecule has 0 saturated carbocycles. The molecule has 0 radical (unpaired) electrons. The van der Waals surface area contributed by atoms with Crippen LogP contribution in [0.1, 0.15) is 35.6 Å². The SMILES string of the molecule is C[C@@H]1[C@@H]([Si](C)(C)O)[C@H](CCO)O[C@@]12C(=O)N(Cc1cccc(NC(=O)Cc3c[nH]c4ccccc34)c1)c1ccc(NC(=O)Cc3c[nH]c4ccccc34)cc12. The molecule has 1 saturated heterocycles. The Kier molecular flexibility index (Phi) is 9.46. The molecule has 3 amide bonds. The van der Waals surface area contributed by atoms with Gasteiger partial charge in [0.2, 0.25) is 11.8 Å². The predicted octanol–water partition coefficient (Wildman–Crippen LogP) is 6.74. The van der Waals surface area contributed by atoms with Gasteiger partial charge >= 0.3 is 0 Å². The number of nitrogens with one attached hydrogen (secondary N) is 4. The molecule has 4 heterocycles. The van der Waals surface area contributed by atoms with Crippen molar-refractivity contribution in [3.8, 4) is 0 Å². The standard InChI is InChI=1S/C43H45N5O6Si/c1-26-41(55(2,3)53)38(17-18-49)54-43(26)34-22-31(47-40(51)21-29-24-45-36-14-7-5-12-33(29)36)15-16-37(34)48(42(43)52)25-27-9-8-10-30(19-27)46-39(50)20-28-23-44-35-13-6-4-11-32(28)35/h4-16,19,22-24,26,38,41,44-45,49,53H,17-18,20-21,25H2,1-3H3,(H,46,50)(H,47,51)/t26-,38+,41-,43+/m1/s1. The average Bonchev–Trinajstić information content (AvgIpc) is 3.89. The molecule has 1 fully saturated rings. The average molecular weight is 756 g/mol. The lowest BCUT2D eigenvalue weighted by atomic mass is 9.82. The van der Waals surface area contributed by atoms with Gasteiger partial charge in [-0.2, -0.15) is 0 Å². The number of hydrogen-bond donors (Lipinski definition) is 6. The highest BCUT2D eigenvalue weighted by molar-refractivity contribution is 6.71. The molecule has 2 aliphatic rings. The Bertz CT molecular complexity index is 2430. The summed E-state index contributed by atoms with van der Waals surface area (Å²) >= 11 is 0. The number of ether oxygens (including phenoxy) is 1. The van der Waals surface area contributed by atoms with Crippen LogP contribution in [0.25, 0.3) is 21.8 Å². The van der Waals surface area contributed by atoms with Crippen LogP contribution in [-0.2, 0) is 44.1 Å². The number of hydrogen-bond acceptors (Lipinski definition) is 6. The molecule has 4 aromatic carbocycles. The van der Waals surface area contributed by atoms with E-state index in [0.29, 0.717) is 22.6 Å². The first-order chi connectivity index (χ1) is 26.5. The zero-order chi connectivity index (χ0) is 38.5. The lowest BCUT2D eigenvalue weighted by Gasteiger charge is -2.32. The van der Waals surface area contributed by atoms with Crippen molar-refractivity contribution >= 4 is 64.9 Å². The van der Waals surface area contributed by atoms with Gasteiger partial charge < -0.3 is 40.1 Å². The number of amides is 3. The number of carbonyl (C=O) groups is 3. The van der Waals surface area contributed by atoms with E-state index in [4.69, 9.17) is 4.74 Å². The van der Waals surface area contributed by atoms with Crippen molar-refractivity contribution in [2.75, 3.05) is 22.1 Å². The van der Waals surface area contributed by atoms with E-state index in [1.807, 2.05) is 117 Å². The van der Waals surface area contributed by atoms with Crippen LogP contribution in [0.3, 0.4) is 0 Å². The van der Waals surface area contributed by atoms with Crippen molar-refractivity contribution in [3.63, 3.8) is 0 Å². The summed E-state index contributed by atoms with van der Waals surface area (Å²) in [6.07, 6.45) is 3.79. The quantitative estimate of drug-likeness (QED) is 0.0804. The monoisotopic (exact) mass is 755 g/mol. The van der Waals surface area contributed by atoms with Crippen LogP contribution in [0.5, 0.6) is 0 Å². The second-order valence-electron chi connectivity index (χ2n) is 15.4. The number of para-hydroxylation sites is 2. The van der Waals surface area contributed by atoms with Gasteiger partial charge in [-0.05, 0) is 78.7 Å². The van der Waals surface area contributed by atoms with Gasteiger partial charge in [-0.3, -0.25) is 14.4 Å². The maximum Gasteiger partial charge on any atom is 0.264 e. The molecule has 0 unspecified atom stereocenters. The first-order valence-corrected chi connectivity index (χ1v) is 21.7. The fourth-order valence-electron chi connectivity index (χ4n) is 8.95. The van der Waals surface area contributed by atoms with Crippen molar-refractivity contribution in [1.82, 2.24) is 9.97 Å². The molecule has 6 aromatic rings. The summed E-state index contributed by atoms with van der Waals surface area (Å²) in [5, 5.41) is 18.1. The highest BCUT2D eigenvalue weighted by Crippen LogP contribution is 2.60. The van der Waals surface area contributed by atoms with Gasteiger partial charge in [-0.15, -0.1) is 0 Å². The van der Waals surface area contributed by atoms with Crippen LogP contribution in [0.15, 0.2) is 103 Å². The van der Waals surface area contributed by atoms with E-state index in [9.17, 15) is 24.3 Å². The minimum absolute atomic E-state index is 0.151. The van der Waals surface area contributed by atoms with Crippen LogP contribution in [0.2, 0.25) is 18.6 Å². The third-order valence-corrected chi connectivity index (χ3v) is 13.8. The van der Waals surface area contributed by atoms with E-state index < -0.39 is 25.9 Å². The molecule has 2 aromatic heterocycles. The Labute approximate surface area is 319 Å². The van der Waals surface area contributed by atoms with E-state index in [1.54, 1.807) is 11.0 Å². The molecule has 0 bridgehead atoms. The second kappa shape index (κ2) is 14.3. The maximum absolute atomic E-state index is 14.9. The number of H-pyrrole nitrogens is 2. The zero-order valence-corrected chi connectivity index (χ0v) is 32.1. The summed E-state index contributed by atoms with van der Waals surface area (Å²) < 4.78 is 6.81. The van der Waals surface area contributed by atoms with Crippen LogP contribution in [-0.4, -0.2) is 58.6 Å². The van der Waals surface area contributed by atoms with Crippen molar-refractivity contribution in [3.05, 3.63) is 126 Å². The summed E-state index contributed by atoms with van der Waals surface area (Å²) in [5.74, 6) is -1.06. The minimum atomic E-state index is -2.91. The summed E-state index contributed by atoms with van der Waals surface area (Å²) in [6, 6.07) is 28.6. The van der Waals surface area contributed by atoms with E-state index in [-0.39, 0.29) is 55.7 Å². The van der Waals surface area contributed by atoms with Crippen LogP contribution in [0, 0.1) is 5.92 Å². The molecule has 12 heteroatoms. The molecule has 4 atom stereocenters. The normalized spacial score (nSPS) is 20.8. The van der Waals surface area contributed by atoms with Gasteiger partial charge in [0, 0.05) is 69.2 Å². The Balaban J connectivity index is 1.08. The molecule has 11 nitrogen and oxygen atoms in total. The zero-order valence-electron chi connectivity index (χ0n) is 31.1. The molecule has 0 aliphatic carbocycles. The maximum atomic E-state index is 14.9. The number of aliphatic hydroxyl groups excluding tert-OH is 1. The highest BCUT2D eigenvalue weighted by Gasteiger charge is 2.66. The van der Waals surface area contributed by atoms with E-state index >= 15 is 0 Å². The minimum Gasteiger partial charge on any atom is -0.432 e. The number of benzene rings is 4. The largest absolute Gasteiger partial charge is 0.432 e. The number of carbonyl (C=O) groups excluding carboxylic acids is 3. The van der Waals surface area contributed by atoms with Gasteiger partial charge in [-0.25, -0.2) is 0 Å². The van der Waals surface area contributed by atoms with Crippen LogP contribution >= 0.6 is 0 Å². The number of aromatic amines is 2. The van der Waals surface area contributed by atoms with Crippen molar-refractivity contribution in [1.29, 1.82) is 0 Å². The van der Waals surface area contributed by atoms with E-state index in [0.717, 1.165) is 38.5 Å².